The van der Waals surface area contributed by atoms with E-state index < -0.39 is 5.82 Å². The molecule has 0 radical (unpaired) electrons. The van der Waals surface area contributed by atoms with Crippen LogP contribution in [0.2, 0.25) is 0 Å². The van der Waals surface area contributed by atoms with Gasteiger partial charge in [0.15, 0.2) is 0 Å². The van der Waals surface area contributed by atoms with E-state index in [4.69, 9.17) is 0 Å². The van der Waals surface area contributed by atoms with Crippen molar-refractivity contribution in [1.29, 1.82) is 0 Å². The van der Waals surface area contributed by atoms with Crippen LogP contribution in [0, 0.1) is 18.7 Å². The van der Waals surface area contributed by atoms with E-state index >= 15 is 0 Å². The first-order valence-electron chi connectivity index (χ1n) is 14.3. The van der Waals surface area contributed by atoms with Crippen LogP contribution in [-0.4, -0.2) is 36.0 Å². The molecular weight excluding hydrogens is 531 g/mol. The predicted molar refractivity (Wildman–Crippen MR) is 163 cm³/mol. The van der Waals surface area contributed by atoms with Gasteiger partial charge in [-0.3, -0.25) is 14.4 Å². The van der Waals surface area contributed by atoms with Gasteiger partial charge in [-0.1, -0.05) is 18.2 Å². The molecule has 3 aromatic carbocycles. The van der Waals surface area contributed by atoms with Crippen molar-refractivity contribution in [3.05, 3.63) is 123 Å². The molecule has 6 rings (SSSR count). The Morgan fingerprint density at radius 1 is 0.929 bits per heavy atom. The van der Waals surface area contributed by atoms with Gasteiger partial charge in [-0.05, 0) is 92.4 Å². The molecule has 0 saturated carbocycles. The van der Waals surface area contributed by atoms with Gasteiger partial charge in [-0.25, -0.2) is 4.39 Å². The average Bonchev–Trinajstić information content (AvgIpc) is 2.98. The van der Waals surface area contributed by atoms with E-state index in [0.717, 1.165) is 29.1 Å². The summed E-state index contributed by atoms with van der Waals surface area (Å²) in [6.07, 6.45) is 0.996. The number of carbonyl (C=O) groups excluding carboxylic acids is 2. The fraction of sp³-hybridized carbons (Fsp3) is 0.265. The number of hydrogen-bond acceptors (Lipinski definition) is 4. The Morgan fingerprint density at radius 3 is 2.45 bits per heavy atom. The van der Waals surface area contributed by atoms with E-state index in [2.05, 4.69) is 10.2 Å². The SMILES string of the molecule is CCN(C(=O)c1ccc(N2CC3CC(C2)c2cccc(=O)n2C3)c(NC(=O)c2ccc(F)cc2)c1)c1cccc(C)c1. The first-order valence-corrected chi connectivity index (χ1v) is 14.3. The molecular formula is C34H33FN4O3. The number of pyridine rings is 1. The van der Waals surface area contributed by atoms with Gasteiger partial charge in [0.1, 0.15) is 5.82 Å². The summed E-state index contributed by atoms with van der Waals surface area (Å²) < 4.78 is 15.4. The zero-order chi connectivity index (χ0) is 29.4. The van der Waals surface area contributed by atoms with Gasteiger partial charge in [0.2, 0.25) is 0 Å². The van der Waals surface area contributed by atoms with E-state index in [1.54, 1.807) is 17.0 Å². The Morgan fingerprint density at radius 2 is 1.69 bits per heavy atom. The lowest BCUT2D eigenvalue weighted by atomic mass is 9.83. The largest absolute Gasteiger partial charge is 0.369 e. The van der Waals surface area contributed by atoms with Crippen LogP contribution in [0.15, 0.2) is 89.7 Å². The molecule has 2 aliphatic rings. The van der Waals surface area contributed by atoms with Crippen LogP contribution in [0.25, 0.3) is 0 Å². The number of amides is 2. The van der Waals surface area contributed by atoms with Gasteiger partial charge in [0, 0.05) is 60.7 Å². The lowest BCUT2D eigenvalue weighted by Crippen LogP contribution is -2.47. The first kappa shape index (κ1) is 27.4. The lowest BCUT2D eigenvalue weighted by Gasteiger charge is -2.44. The lowest BCUT2D eigenvalue weighted by molar-refractivity contribution is 0.0985. The average molecular weight is 565 g/mol. The number of halogens is 1. The smallest absolute Gasteiger partial charge is 0.258 e. The summed E-state index contributed by atoms with van der Waals surface area (Å²) in [5.41, 5.74) is 5.01. The summed E-state index contributed by atoms with van der Waals surface area (Å²) in [4.78, 5) is 43.6. The van der Waals surface area contributed by atoms with Crippen LogP contribution in [0.1, 0.15) is 51.2 Å². The van der Waals surface area contributed by atoms with Gasteiger partial charge in [0.05, 0.1) is 11.4 Å². The second-order valence-corrected chi connectivity index (χ2v) is 11.2. The van der Waals surface area contributed by atoms with Crippen molar-refractivity contribution < 1.29 is 14.0 Å². The Balaban J connectivity index is 1.36. The molecule has 2 amide bonds. The van der Waals surface area contributed by atoms with Crippen molar-refractivity contribution in [3.8, 4) is 0 Å². The van der Waals surface area contributed by atoms with Crippen molar-refractivity contribution in [2.45, 2.75) is 32.7 Å². The summed E-state index contributed by atoms with van der Waals surface area (Å²) in [5.74, 6) is -0.535. The van der Waals surface area contributed by atoms with Crippen molar-refractivity contribution >= 4 is 28.9 Å². The minimum absolute atomic E-state index is 0.0276. The molecule has 1 N–H and O–H groups in total. The Hall–Kier alpha value is -4.72. The molecule has 2 aliphatic heterocycles. The minimum atomic E-state index is -0.421. The molecule has 4 aromatic rings. The highest BCUT2D eigenvalue weighted by Crippen LogP contribution is 2.39. The standard InChI is InChI=1S/C34H33FN4O3/c1-3-38(28-7-4-6-22(2)16-28)34(42)25-12-15-31(29(18-25)36-33(41)24-10-13-27(35)14-11-24)37-19-23-17-26(21-37)30-8-5-9-32(40)39(30)20-23/h4-16,18,23,26H,3,17,19-21H2,1-2H3,(H,36,41). The topological polar surface area (TPSA) is 74.7 Å². The van der Waals surface area contributed by atoms with Crippen molar-refractivity contribution in [3.63, 3.8) is 0 Å². The summed E-state index contributed by atoms with van der Waals surface area (Å²) in [7, 11) is 0. The molecule has 2 bridgehead atoms. The maximum absolute atomic E-state index is 13.8. The Labute approximate surface area is 244 Å². The van der Waals surface area contributed by atoms with Crippen molar-refractivity contribution in [2.24, 2.45) is 5.92 Å². The monoisotopic (exact) mass is 564 g/mol. The molecule has 214 valence electrons. The zero-order valence-corrected chi connectivity index (χ0v) is 23.7. The molecule has 0 aliphatic carbocycles. The second-order valence-electron chi connectivity index (χ2n) is 11.2. The van der Waals surface area contributed by atoms with Crippen LogP contribution < -0.4 is 20.7 Å². The van der Waals surface area contributed by atoms with Crippen LogP contribution in [0.4, 0.5) is 21.5 Å². The van der Waals surface area contributed by atoms with E-state index in [9.17, 15) is 18.8 Å². The van der Waals surface area contributed by atoms with Crippen LogP contribution >= 0.6 is 0 Å². The number of nitrogens with one attached hydrogen (secondary N) is 1. The Kier molecular flexibility index (Phi) is 7.37. The fourth-order valence-corrected chi connectivity index (χ4v) is 6.33. The highest BCUT2D eigenvalue weighted by Gasteiger charge is 2.35. The fourth-order valence-electron chi connectivity index (χ4n) is 6.33. The summed E-state index contributed by atoms with van der Waals surface area (Å²) in [6.45, 7) is 6.45. The van der Waals surface area contributed by atoms with Gasteiger partial charge in [0.25, 0.3) is 17.4 Å². The molecule has 3 heterocycles. The molecule has 1 fully saturated rings. The molecule has 2 atom stereocenters. The highest BCUT2D eigenvalue weighted by molar-refractivity contribution is 6.10. The normalized spacial score (nSPS) is 17.4. The molecule has 42 heavy (non-hydrogen) atoms. The zero-order valence-electron chi connectivity index (χ0n) is 23.7. The number of nitrogens with zero attached hydrogens (tertiary/aromatic N) is 3. The highest BCUT2D eigenvalue weighted by atomic mass is 19.1. The van der Waals surface area contributed by atoms with Crippen molar-refractivity contribution in [1.82, 2.24) is 4.57 Å². The summed E-state index contributed by atoms with van der Waals surface area (Å²) in [5, 5.41) is 3.01. The number of hydrogen-bond donors (Lipinski definition) is 1. The number of anilines is 3. The molecule has 8 heteroatoms. The van der Waals surface area contributed by atoms with Crippen LogP contribution in [0.3, 0.4) is 0 Å². The first-order chi connectivity index (χ1) is 20.3. The molecule has 7 nitrogen and oxygen atoms in total. The molecule has 0 spiro atoms. The van der Waals surface area contributed by atoms with Crippen LogP contribution in [-0.2, 0) is 6.54 Å². The predicted octanol–water partition coefficient (Wildman–Crippen LogP) is 5.84. The van der Waals surface area contributed by atoms with Gasteiger partial charge in [-0.2, -0.15) is 0 Å². The van der Waals surface area contributed by atoms with E-state index in [1.165, 1.54) is 24.3 Å². The quantitative estimate of drug-likeness (QED) is 0.319. The maximum Gasteiger partial charge on any atom is 0.258 e. The third-order valence-corrected chi connectivity index (χ3v) is 8.29. The number of aromatic nitrogens is 1. The number of rotatable bonds is 6. The van der Waals surface area contributed by atoms with Gasteiger partial charge < -0.3 is 19.7 Å². The number of piperidine rings is 1. The molecule has 1 aromatic heterocycles. The number of benzene rings is 3. The van der Waals surface area contributed by atoms with E-state index in [1.807, 2.05) is 66.9 Å². The number of aryl methyl sites for hydroxylation is 1. The number of carbonyl (C=O) groups is 2. The second kappa shape index (κ2) is 11.3. The molecule has 2 unspecified atom stereocenters. The van der Waals surface area contributed by atoms with E-state index in [-0.39, 0.29) is 29.2 Å². The number of fused-ring (bicyclic) bond motifs is 4. The van der Waals surface area contributed by atoms with E-state index in [0.29, 0.717) is 43.0 Å². The minimum Gasteiger partial charge on any atom is -0.369 e. The third-order valence-electron chi connectivity index (χ3n) is 8.29. The summed E-state index contributed by atoms with van der Waals surface area (Å²) >= 11 is 0. The Bertz CT molecular complexity index is 1710. The van der Waals surface area contributed by atoms with Crippen LogP contribution in [0.5, 0.6) is 0 Å². The third kappa shape index (κ3) is 5.32. The summed E-state index contributed by atoms with van der Waals surface area (Å²) in [6, 6.07) is 24.1. The van der Waals surface area contributed by atoms with Gasteiger partial charge >= 0.3 is 0 Å². The van der Waals surface area contributed by atoms with Crippen molar-refractivity contribution in [2.75, 3.05) is 34.8 Å². The maximum atomic E-state index is 13.8. The molecule has 1 saturated heterocycles. The van der Waals surface area contributed by atoms with Gasteiger partial charge in [-0.15, -0.1) is 0 Å².